The molecule has 2 N–H and O–H groups in total. The summed E-state index contributed by atoms with van der Waals surface area (Å²) < 4.78 is 11.0. The lowest BCUT2D eigenvalue weighted by Crippen LogP contribution is -2.21. The molecule has 24 heavy (non-hydrogen) atoms. The van der Waals surface area contributed by atoms with Crippen molar-refractivity contribution in [3.8, 4) is 11.5 Å². The molecule has 0 aliphatic rings. The molecule has 0 aliphatic carbocycles. The van der Waals surface area contributed by atoms with E-state index in [2.05, 4.69) is 10.6 Å². The van der Waals surface area contributed by atoms with Crippen LogP contribution in [0.25, 0.3) is 0 Å². The maximum absolute atomic E-state index is 12.0. The van der Waals surface area contributed by atoms with E-state index >= 15 is 0 Å². The van der Waals surface area contributed by atoms with E-state index < -0.39 is 0 Å². The summed E-state index contributed by atoms with van der Waals surface area (Å²) in [6.07, 6.45) is 0.0947. The lowest BCUT2D eigenvalue weighted by atomic mass is 10.3. The van der Waals surface area contributed by atoms with Gasteiger partial charge in [-0.1, -0.05) is 6.07 Å². The van der Waals surface area contributed by atoms with E-state index in [-0.39, 0.29) is 18.6 Å². The van der Waals surface area contributed by atoms with Crippen LogP contribution in [0.3, 0.4) is 0 Å². The minimum Gasteiger partial charge on any atom is -0.494 e. The van der Waals surface area contributed by atoms with Gasteiger partial charge in [-0.05, 0) is 57.2 Å². The van der Waals surface area contributed by atoms with Gasteiger partial charge in [0.1, 0.15) is 11.5 Å². The molecular weight excluding hydrogens is 304 g/mol. The third-order valence-corrected chi connectivity index (χ3v) is 3.11. The predicted molar refractivity (Wildman–Crippen MR) is 96.9 cm³/mol. The fourth-order valence-corrected chi connectivity index (χ4v) is 2.14. The summed E-state index contributed by atoms with van der Waals surface area (Å²) >= 11 is 0. The molecule has 0 bridgehead atoms. The second-order valence-electron chi connectivity index (χ2n) is 5.55. The summed E-state index contributed by atoms with van der Waals surface area (Å²) in [5, 5.41) is 5.93. The standard InChI is InChI=1S/C19H24N2O3/c1-4-23-17-10-8-15(9-11-17)20-13-19(22)21-16-6-5-7-18(12-16)24-14(2)3/h5-12,14,20H,4,13H2,1-3H3,(H,21,22). The SMILES string of the molecule is CCOc1ccc(NCC(=O)Nc2cccc(OC(C)C)c2)cc1. The molecule has 0 radical (unpaired) electrons. The third kappa shape index (κ3) is 5.83. The molecule has 5 heteroatoms. The molecule has 0 aliphatic heterocycles. The summed E-state index contributed by atoms with van der Waals surface area (Å²) in [7, 11) is 0. The molecule has 2 aromatic rings. The Morgan fingerprint density at radius 2 is 1.79 bits per heavy atom. The van der Waals surface area contributed by atoms with Crippen molar-refractivity contribution in [2.75, 3.05) is 23.8 Å². The average molecular weight is 328 g/mol. The molecule has 2 rings (SSSR count). The van der Waals surface area contributed by atoms with Gasteiger partial charge in [0.25, 0.3) is 0 Å². The van der Waals surface area contributed by atoms with E-state index in [1.54, 1.807) is 0 Å². The summed E-state index contributed by atoms with van der Waals surface area (Å²) in [6, 6.07) is 14.9. The highest BCUT2D eigenvalue weighted by Gasteiger charge is 2.04. The van der Waals surface area contributed by atoms with Gasteiger partial charge in [0.2, 0.25) is 5.91 Å². The van der Waals surface area contributed by atoms with Gasteiger partial charge in [-0.15, -0.1) is 0 Å². The van der Waals surface area contributed by atoms with E-state index in [0.29, 0.717) is 12.3 Å². The zero-order valence-electron chi connectivity index (χ0n) is 14.3. The monoisotopic (exact) mass is 328 g/mol. The number of benzene rings is 2. The molecule has 1 amide bonds. The predicted octanol–water partition coefficient (Wildman–Crippen LogP) is 3.92. The van der Waals surface area contributed by atoms with Crippen LogP contribution in [0.2, 0.25) is 0 Å². The van der Waals surface area contributed by atoms with Gasteiger partial charge in [-0.2, -0.15) is 0 Å². The van der Waals surface area contributed by atoms with Crippen molar-refractivity contribution in [2.24, 2.45) is 0 Å². The Balaban J connectivity index is 1.84. The van der Waals surface area contributed by atoms with Crippen LogP contribution in [0.4, 0.5) is 11.4 Å². The highest BCUT2D eigenvalue weighted by atomic mass is 16.5. The number of amides is 1. The van der Waals surface area contributed by atoms with E-state index in [1.807, 2.05) is 69.3 Å². The first-order valence-electron chi connectivity index (χ1n) is 8.10. The average Bonchev–Trinajstić information content (AvgIpc) is 2.54. The van der Waals surface area contributed by atoms with Gasteiger partial charge in [0.05, 0.1) is 19.3 Å². The number of ether oxygens (including phenoxy) is 2. The molecular formula is C19H24N2O3. The second kappa shape index (κ2) is 8.82. The van der Waals surface area contributed by atoms with Crippen molar-refractivity contribution < 1.29 is 14.3 Å². The van der Waals surface area contributed by atoms with Gasteiger partial charge >= 0.3 is 0 Å². The van der Waals surface area contributed by atoms with Crippen molar-refractivity contribution in [3.05, 3.63) is 48.5 Å². The first kappa shape index (κ1) is 17.7. The van der Waals surface area contributed by atoms with E-state index in [4.69, 9.17) is 9.47 Å². The smallest absolute Gasteiger partial charge is 0.243 e. The van der Waals surface area contributed by atoms with Crippen LogP contribution >= 0.6 is 0 Å². The molecule has 0 saturated heterocycles. The van der Waals surface area contributed by atoms with Crippen molar-refractivity contribution >= 4 is 17.3 Å². The molecule has 2 aromatic carbocycles. The van der Waals surface area contributed by atoms with Crippen molar-refractivity contribution in [1.29, 1.82) is 0 Å². The highest BCUT2D eigenvalue weighted by molar-refractivity contribution is 5.93. The van der Waals surface area contributed by atoms with Crippen LogP contribution in [-0.4, -0.2) is 25.2 Å². The number of hydrogen-bond acceptors (Lipinski definition) is 4. The maximum Gasteiger partial charge on any atom is 0.243 e. The van der Waals surface area contributed by atoms with Gasteiger partial charge in [0, 0.05) is 17.4 Å². The Morgan fingerprint density at radius 1 is 1.04 bits per heavy atom. The summed E-state index contributed by atoms with van der Waals surface area (Å²) in [4.78, 5) is 12.0. The Labute approximate surface area is 143 Å². The number of hydrogen-bond donors (Lipinski definition) is 2. The largest absolute Gasteiger partial charge is 0.494 e. The summed E-state index contributed by atoms with van der Waals surface area (Å²) in [6.45, 7) is 6.69. The Hall–Kier alpha value is -2.69. The molecule has 5 nitrogen and oxygen atoms in total. The van der Waals surface area contributed by atoms with Crippen molar-refractivity contribution in [2.45, 2.75) is 26.9 Å². The minimum atomic E-state index is -0.120. The number of rotatable bonds is 8. The summed E-state index contributed by atoms with van der Waals surface area (Å²) in [5.74, 6) is 1.43. The molecule has 0 heterocycles. The normalized spacial score (nSPS) is 10.3. The number of carbonyl (C=O) groups is 1. The lowest BCUT2D eigenvalue weighted by molar-refractivity contribution is -0.114. The molecule has 0 aromatic heterocycles. The van der Waals surface area contributed by atoms with Crippen LogP contribution in [-0.2, 0) is 4.79 Å². The van der Waals surface area contributed by atoms with Crippen molar-refractivity contribution in [3.63, 3.8) is 0 Å². The summed E-state index contributed by atoms with van der Waals surface area (Å²) in [5.41, 5.74) is 1.58. The Kier molecular flexibility index (Phi) is 6.49. The minimum absolute atomic E-state index is 0.0947. The molecule has 0 spiro atoms. The number of nitrogens with one attached hydrogen (secondary N) is 2. The Morgan fingerprint density at radius 3 is 2.46 bits per heavy atom. The van der Waals surface area contributed by atoms with Crippen LogP contribution in [0, 0.1) is 0 Å². The molecule has 0 unspecified atom stereocenters. The van der Waals surface area contributed by atoms with Crippen LogP contribution in [0.15, 0.2) is 48.5 Å². The highest BCUT2D eigenvalue weighted by Crippen LogP contribution is 2.19. The Bertz CT molecular complexity index is 654. The lowest BCUT2D eigenvalue weighted by Gasteiger charge is -2.12. The third-order valence-electron chi connectivity index (χ3n) is 3.11. The van der Waals surface area contributed by atoms with Crippen molar-refractivity contribution in [1.82, 2.24) is 0 Å². The van der Waals surface area contributed by atoms with Gasteiger partial charge in [-0.3, -0.25) is 4.79 Å². The fourth-order valence-electron chi connectivity index (χ4n) is 2.14. The topological polar surface area (TPSA) is 59.6 Å². The quantitative estimate of drug-likeness (QED) is 0.771. The van der Waals surface area contributed by atoms with Gasteiger partial charge in [-0.25, -0.2) is 0 Å². The van der Waals surface area contributed by atoms with Gasteiger partial charge in [0.15, 0.2) is 0 Å². The second-order valence-corrected chi connectivity index (χ2v) is 5.55. The number of carbonyl (C=O) groups excluding carboxylic acids is 1. The number of anilines is 2. The van der Waals surface area contributed by atoms with Crippen LogP contribution in [0.5, 0.6) is 11.5 Å². The molecule has 128 valence electrons. The van der Waals surface area contributed by atoms with E-state index in [9.17, 15) is 4.79 Å². The first-order chi connectivity index (χ1) is 11.6. The van der Waals surface area contributed by atoms with Gasteiger partial charge < -0.3 is 20.1 Å². The fraction of sp³-hybridized carbons (Fsp3) is 0.316. The van der Waals surface area contributed by atoms with Crippen LogP contribution < -0.4 is 20.1 Å². The zero-order chi connectivity index (χ0) is 17.4. The zero-order valence-corrected chi connectivity index (χ0v) is 14.3. The molecule has 0 atom stereocenters. The van der Waals surface area contributed by atoms with E-state index in [1.165, 1.54) is 0 Å². The maximum atomic E-state index is 12.0. The first-order valence-corrected chi connectivity index (χ1v) is 8.10. The molecule has 0 fully saturated rings. The van der Waals surface area contributed by atoms with E-state index in [0.717, 1.165) is 17.2 Å². The van der Waals surface area contributed by atoms with Crippen LogP contribution in [0.1, 0.15) is 20.8 Å². The molecule has 0 saturated carbocycles.